The quantitative estimate of drug-likeness (QED) is 0.683. The van der Waals surface area contributed by atoms with Crippen LogP contribution in [0.4, 0.5) is 5.82 Å². The molecule has 0 saturated heterocycles. The van der Waals surface area contributed by atoms with Crippen LogP contribution in [0.1, 0.15) is 12.6 Å². The summed E-state index contributed by atoms with van der Waals surface area (Å²) < 4.78 is 8.42. The molecule has 1 aromatic carbocycles. The van der Waals surface area contributed by atoms with Crippen molar-refractivity contribution in [1.29, 1.82) is 0 Å². The van der Waals surface area contributed by atoms with Crippen molar-refractivity contribution in [3.8, 4) is 5.75 Å². The van der Waals surface area contributed by atoms with Gasteiger partial charge in [-0.15, -0.1) is 0 Å². The van der Waals surface area contributed by atoms with E-state index in [1.807, 2.05) is 30.3 Å². The van der Waals surface area contributed by atoms with E-state index in [1.54, 1.807) is 4.52 Å². The lowest BCUT2D eigenvalue weighted by atomic mass is 10.3. The van der Waals surface area contributed by atoms with E-state index in [0.717, 1.165) is 28.2 Å². The van der Waals surface area contributed by atoms with Crippen LogP contribution in [-0.4, -0.2) is 32.7 Å². The highest BCUT2D eigenvalue weighted by Crippen LogP contribution is 2.16. The first-order valence-corrected chi connectivity index (χ1v) is 7.87. The first-order valence-electron chi connectivity index (χ1n) is 7.08. The number of hydrogen-bond acceptors (Lipinski definition) is 5. The van der Waals surface area contributed by atoms with Gasteiger partial charge in [0.05, 0.1) is 6.54 Å². The van der Waals surface area contributed by atoms with Crippen molar-refractivity contribution >= 4 is 27.5 Å². The minimum absolute atomic E-state index is 0.557. The van der Waals surface area contributed by atoms with Gasteiger partial charge in [0.1, 0.15) is 24.5 Å². The molecular weight excluding hydrogens is 346 g/mol. The van der Waals surface area contributed by atoms with E-state index < -0.39 is 0 Å². The zero-order chi connectivity index (χ0) is 15.4. The number of ether oxygens (including phenoxy) is 1. The fraction of sp³-hybridized carbons (Fsp3) is 0.267. The lowest BCUT2D eigenvalue weighted by molar-refractivity contribution is 0.332. The molecule has 0 bridgehead atoms. The van der Waals surface area contributed by atoms with E-state index in [-0.39, 0.29) is 0 Å². The number of aryl methyl sites for hydroxylation is 1. The molecule has 6 nitrogen and oxygen atoms in total. The summed E-state index contributed by atoms with van der Waals surface area (Å²) in [6.45, 7) is 3.29. The van der Waals surface area contributed by atoms with Crippen LogP contribution in [-0.2, 0) is 6.42 Å². The van der Waals surface area contributed by atoms with Crippen molar-refractivity contribution in [2.75, 3.05) is 18.5 Å². The topological polar surface area (TPSA) is 64.3 Å². The summed E-state index contributed by atoms with van der Waals surface area (Å²) in [6.07, 6.45) is 2.36. The highest BCUT2D eigenvalue weighted by atomic mass is 79.9. The van der Waals surface area contributed by atoms with E-state index >= 15 is 0 Å². The Morgan fingerprint density at radius 3 is 2.86 bits per heavy atom. The van der Waals surface area contributed by atoms with Crippen molar-refractivity contribution in [3.05, 3.63) is 46.8 Å². The molecule has 0 atom stereocenters. The van der Waals surface area contributed by atoms with E-state index in [4.69, 9.17) is 4.74 Å². The van der Waals surface area contributed by atoms with Crippen LogP contribution < -0.4 is 10.1 Å². The van der Waals surface area contributed by atoms with Gasteiger partial charge in [-0.25, -0.2) is 4.98 Å². The average Bonchev–Trinajstić information content (AvgIpc) is 3.01. The monoisotopic (exact) mass is 361 g/mol. The molecule has 0 spiro atoms. The van der Waals surface area contributed by atoms with Crippen molar-refractivity contribution in [1.82, 2.24) is 19.6 Å². The summed E-state index contributed by atoms with van der Waals surface area (Å²) in [5.41, 5.74) is 0.983. The highest BCUT2D eigenvalue weighted by Gasteiger charge is 2.06. The van der Waals surface area contributed by atoms with Gasteiger partial charge in [-0.1, -0.05) is 22.9 Å². The van der Waals surface area contributed by atoms with Gasteiger partial charge < -0.3 is 10.1 Å². The predicted molar refractivity (Wildman–Crippen MR) is 88.3 cm³/mol. The fourth-order valence-electron chi connectivity index (χ4n) is 2.05. The Morgan fingerprint density at radius 1 is 1.27 bits per heavy atom. The average molecular weight is 362 g/mol. The van der Waals surface area contributed by atoms with E-state index in [2.05, 4.69) is 43.2 Å². The summed E-state index contributed by atoms with van der Waals surface area (Å²) in [5, 5.41) is 7.49. The van der Waals surface area contributed by atoms with Gasteiger partial charge in [-0.05, 0) is 30.7 Å². The van der Waals surface area contributed by atoms with Crippen LogP contribution in [0.2, 0.25) is 0 Å². The first kappa shape index (κ1) is 14.8. The number of aromatic nitrogens is 4. The fourth-order valence-corrected chi connectivity index (χ4v) is 2.31. The number of fused-ring (bicyclic) bond motifs is 1. The second kappa shape index (κ2) is 6.74. The van der Waals surface area contributed by atoms with E-state index in [1.165, 1.54) is 6.33 Å². The summed E-state index contributed by atoms with van der Waals surface area (Å²) >= 11 is 3.40. The number of nitrogens with one attached hydrogen (secondary N) is 1. The zero-order valence-corrected chi connectivity index (χ0v) is 13.7. The van der Waals surface area contributed by atoms with Crippen LogP contribution in [0.3, 0.4) is 0 Å². The smallest absolute Gasteiger partial charge is 0.254 e. The molecule has 7 heteroatoms. The largest absolute Gasteiger partial charge is 0.492 e. The number of rotatable bonds is 6. The van der Waals surface area contributed by atoms with E-state index in [0.29, 0.717) is 18.9 Å². The highest BCUT2D eigenvalue weighted by molar-refractivity contribution is 9.10. The summed E-state index contributed by atoms with van der Waals surface area (Å²) in [4.78, 5) is 8.55. The molecule has 0 radical (unpaired) electrons. The molecule has 3 aromatic rings. The van der Waals surface area contributed by atoms with E-state index in [9.17, 15) is 0 Å². The molecule has 0 aliphatic carbocycles. The molecule has 2 heterocycles. The molecule has 0 aliphatic heterocycles. The minimum atomic E-state index is 0.557. The predicted octanol–water partition coefficient (Wildman–Crippen LogP) is 2.94. The van der Waals surface area contributed by atoms with Gasteiger partial charge in [0.2, 0.25) is 0 Å². The second-order valence-corrected chi connectivity index (χ2v) is 5.60. The molecule has 114 valence electrons. The Hall–Kier alpha value is -2.15. The molecule has 22 heavy (non-hydrogen) atoms. The Balaban J connectivity index is 1.61. The standard InChI is InChI=1S/C15H16BrN5O/c1-2-12-9-14(21-15(20-12)18-10-19-21)17-7-8-22-13-5-3-11(16)4-6-13/h3-6,9-10,17H,2,7-8H2,1H3. The second-order valence-electron chi connectivity index (χ2n) is 4.69. The summed E-state index contributed by atoms with van der Waals surface area (Å²) in [7, 11) is 0. The lowest BCUT2D eigenvalue weighted by Gasteiger charge is -2.10. The Kier molecular flexibility index (Phi) is 4.53. The van der Waals surface area contributed by atoms with Crippen molar-refractivity contribution in [2.24, 2.45) is 0 Å². The number of anilines is 1. The van der Waals surface area contributed by atoms with Crippen LogP contribution >= 0.6 is 15.9 Å². The molecule has 1 N–H and O–H groups in total. The van der Waals surface area contributed by atoms with Crippen LogP contribution in [0.25, 0.3) is 5.78 Å². The maximum absolute atomic E-state index is 5.69. The van der Waals surface area contributed by atoms with Gasteiger partial charge in [0, 0.05) is 16.2 Å². The van der Waals surface area contributed by atoms with Gasteiger partial charge in [-0.3, -0.25) is 0 Å². The third kappa shape index (κ3) is 3.36. The summed E-state index contributed by atoms with van der Waals surface area (Å²) in [6, 6.07) is 9.76. The molecule has 0 saturated carbocycles. The number of halogens is 1. The molecule has 3 rings (SSSR count). The Labute approximate surface area is 136 Å². The number of nitrogens with zero attached hydrogens (tertiary/aromatic N) is 4. The first-order chi connectivity index (χ1) is 10.8. The Bertz CT molecular complexity index is 756. The third-order valence-electron chi connectivity index (χ3n) is 3.16. The molecule has 0 aliphatic rings. The maximum atomic E-state index is 5.69. The van der Waals surface area contributed by atoms with Gasteiger partial charge in [-0.2, -0.15) is 14.6 Å². The van der Waals surface area contributed by atoms with Crippen LogP contribution in [0.15, 0.2) is 41.1 Å². The summed E-state index contributed by atoms with van der Waals surface area (Å²) in [5.74, 6) is 2.33. The normalized spacial score (nSPS) is 10.8. The molecular formula is C15H16BrN5O. The number of hydrogen-bond donors (Lipinski definition) is 1. The SMILES string of the molecule is CCc1cc(NCCOc2ccc(Br)cc2)n2ncnc2n1. The number of benzene rings is 1. The van der Waals surface area contributed by atoms with Gasteiger partial charge in [0.25, 0.3) is 5.78 Å². The van der Waals surface area contributed by atoms with Crippen molar-refractivity contribution < 1.29 is 4.74 Å². The molecule has 2 aromatic heterocycles. The van der Waals surface area contributed by atoms with Crippen molar-refractivity contribution in [2.45, 2.75) is 13.3 Å². The van der Waals surface area contributed by atoms with Gasteiger partial charge >= 0.3 is 0 Å². The minimum Gasteiger partial charge on any atom is -0.492 e. The zero-order valence-electron chi connectivity index (χ0n) is 12.2. The molecule has 0 fully saturated rings. The van der Waals surface area contributed by atoms with Crippen LogP contribution in [0.5, 0.6) is 5.75 Å². The van der Waals surface area contributed by atoms with Crippen molar-refractivity contribution in [3.63, 3.8) is 0 Å². The Morgan fingerprint density at radius 2 is 2.09 bits per heavy atom. The maximum Gasteiger partial charge on any atom is 0.254 e. The van der Waals surface area contributed by atoms with Gasteiger partial charge in [0.15, 0.2) is 0 Å². The van der Waals surface area contributed by atoms with Crippen LogP contribution in [0, 0.1) is 0 Å². The molecule has 0 amide bonds. The third-order valence-corrected chi connectivity index (χ3v) is 3.69. The molecule has 0 unspecified atom stereocenters. The lowest BCUT2D eigenvalue weighted by Crippen LogP contribution is -2.14.